The lowest BCUT2D eigenvalue weighted by Crippen LogP contribution is -2.25. The van der Waals surface area contributed by atoms with Crippen molar-refractivity contribution >= 4 is 22.4 Å². The number of benzene rings is 1. The van der Waals surface area contributed by atoms with Gasteiger partial charge < -0.3 is 9.30 Å². The summed E-state index contributed by atoms with van der Waals surface area (Å²) in [5.41, 5.74) is 1.96. The smallest absolute Gasteiger partial charge is 0.271 e. The summed E-state index contributed by atoms with van der Waals surface area (Å²) in [6.45, 7) is 6.15. The van der Waals surface area contributed by atoms with Crippen LogP contribution in [0.5, 0.6) is 0 Å². The number of non-ortho nitro benzene ring substituents is 1. The monoisotopic (exact) mass is 398 g/mol. The molecule has 2 aromatic heterocycles. The number of fused-ring (bicyclic) bond motifs is 1. The average molecular weight is 398 g/mol. The highest BCUT2D eigenvalue weighted by atomic mass is 16.6. The Balaban J connectivity index is 1.93. The van der Waals surface area contributed by atoms with Gasteiger partial charge in [0.15, 0.2) is 5.78 Å². The number of carbonyl (C=O) groups excluding carboxylic acids is 1. The van der Waals surface area contributed by atoms with Gasteiger partial charge in [-0.3, -0.25) is 24.3 Å². The fourth-order valence-corrected chi connectivity index (χ4v) is 3.67. The Kier molecular flexibility index (Phi) is 5.60. The van der Waals surface area contributed by atoms with Gasteiger partial charge in [0.05, 0.1) is 41.3 Å². The highest BCUT2D eigenvalue weighted by Gasteiger charge is 2.20. The predicted molar refractivity (Wildman–Crippen MR) is 107 cm³/mol. The van der Waals surface area contributed by atoms with Gasteiger partial charge in [0, 0.05) is 36.2 Å². The van der Waals surface area contributed by atoms with Crippen molar-refractivity contribution in [3.05, 3.63) is 68.0 Å². The SMILES string of the molecule is COC[C@@H](C)n1c(C)cc(C(=O)Cn2cnc3cc([N+](=O)[O-])ccc3c2=O)c1C. The zero-order chi connectivity index (χ0) is 21.3. The van der Waals surface area contributed by atoms with E-state index in [1.165, 1.54) is 29.1 Å². The summed E-state index contributed by atoms with van der Waals surface area (Å²) >= 11 is 0. The van der Waals surface area contributed by atoms with Crippen LogP contribution in [-0.4, -0.2) is 38.5 Å². The van der Waals surface area contributed by atoms with E-state index in [9.17, 15) is 19.7 Å². The van der Waals surface area contributed by atoms with Gasteiger partial charge in [0.2, 0.25) is 0 Å². The summed E-state index contributed by atoms with van der Waals surface area (Å²) in [5, 5.41) is 11.1. The van der Waals surface area contributed by atoms with Crippen LogP contribution in [0.1, 0.15) is 34.7 Å². The number of nitro benzene ring substituents is 1. The minimum Gasteiger partial charge on any atom is -0.383 e. The van der Waals surface area contributed by atoms with Crippen molar-refractivity contribution in [1.29, 1.82) is 0 Å². The number of nitro groups is 1. The van der Waals surface area contributed by atoms with Crippen molar-refractivity contribution in [3.63, 3.8) is 0 Å². The highest BCUT2D eigenvalue weighted by Crippen LogP contribution is 2.22. The number of aromatic nitrogens is 3. The summed E-state index contributed by atoms with van der Waals surface area (Å²) in [7, 11) is 1.63. The van der Waals surface area contributed by atoms with Crippen molar-refractivity contribution in [2.24, 2.45) is 0 Å². The second-order valence-corrected chi connectivity index (χ2v) is 7.02. The normalized spacial score (nSPS) is 12.3. The van der Waals surface area contributed by atoms with E-state index in [2.05, 4.69) is 4.98 Å². The van der Waals surface area contributed by atoms with Crippen molar-refractivity contribution < 1.29 is 14.5 Å². The molecule has 3 aromatic rings. The van der Waals surface area contributed by atoms with Crippen molar-refractivity contribution in [2.75, 3.05) is 13.7 Å². The summed E-state index contributed by atoms with van der Waals surface area (Å²) in [5.74, 6) is -0.209. The van der Waals surface area contributed by atoms with Gasteiger partial charge in [-0.25, -0.2) is 4.98 Å². The molecule has 0 N–H and O–H groups in total. The van der Waals surface area contributed by atoms with E-state index >= 15 is 0 Å². The van der Waals surface area contributed by atoms with Gasteiger partial charge in [-0.05, 0) is 32.9 Å². The first-order chi connectivity index (χ1) is 13.7. The fraction of sp³-hybridized carbons (Fsp3) is 0.350. The second kappa shape index (κ2) is 7.96. The minimum absolute atomic E-state index is 0.0717. The molecule has 0 aliphatic rings. The van der Waals surface area contributed by atoms with E-state index in [1.807, 2.05) is 31.4 Å². The zero-order valence-electron chi connectivity index (χ0n) is 16.7. The van der Waals surface area contributed by atoms with E-state index in [-0.39, 0.29) is 35.0 Å². The number of hydrogen-bond acceptors (Lipinski definition) is 6. The fourth-order valence-electron chi connectivity index (χ4n) is 3.67. The third-order valence-corrected chi connectivity index (χ3v) is 4.97. The number of Topliss-reactive ketones (excluding diaryl/α,β-unsaturated/α-hetero) is 1. The van der Waals surface area contributed by atoms with Gasteiger partial charge in [-0.15, -0.1) is 0 Å². The van der Waals surface area contributed by atoms with Crippen molar-refractivity contribution in [2.45, 2.75) is 33.4 Å². The van der Waals surface area contributed by atoms with Crippen LogP contribution in [0.2, 0.25) is 0 Å². The molecule has 0 aliphatic heterocycles. The number of methoxy groups -OCH3 is 1. The predicted octanol–water partition coefficient (Wildman–Crippen LogP) is 2.81. The lowest BCUT2D eigenvalue weighted by molar-refractivity contribution is -0.384. The molecular formula is C20H22N4O5. The first kappa shape index (κ1) is 20.4. The van der Waals surface area contributed by atoms with Gasteiger partial charge in [-0.1, -0.05) is 0 Å². The molecule has 0 unspecified atom stereocenters. The van der Waals surface area contributed by atoms with E-state index < -0.39 is 10.5 Å². The lowest BCUT2D eigenvalue weighted by Gasteiger charge is -2.17. The first-order valence-electron chi connectivity index (χ1n) is 9.08. The third kappa shape index (κ3) is 3.81. The lowest BCUT2D eigenvalue weighted by atomic mass is 10.1. The molecule has 0 fully saturated rings. The first-order valence-corrected chi connectivity index (χ1v) is 9.08. The maximum Gasteiger partial charge on any atom is 0.271 e. The molecular weight excluding hydrogens is 376 g/mol. The van der Waals surface area contributed by atoms with Gasteiger partial charge >= 0.3 is 0 Å². The topological polar surface area (TPSA) is 109 Å². The largest absolute Gasteiger partial charge is 0.383 e. The van der Waals surface area contributed by atoms with Gasteiger partial charge in [0.25, 0.3) is 11.2 Å². The van der Waals surface area contributed by atoms with Crippen LogP contribution < -0.4 is 5.56 Å². The second-order valence-electron chi connectivity index (χ2n) is 7.02. The highest BCUT2D eigenvalue weighted by molar-refractivity contribution is 5.97. The molecule has 1 atom stereocenters. The molecule has 0 spiro atoms. The number of hydrogen-bond donors (Lipinski definition) is 0. The summed E-state index contributed by atoms with van der Waals surface area (Å²) in [6.07, 6.45) is 1.25. The Labute approximate surface area is 166 Å². The quantitative estimate of drug-likeness (QED) is 0.344. The Morgan fingerprint density at radius 3 is 2.69 bits per heavy atom. The molecule has 0 aliphatic carbocycles. The summed E-state index contributed by atoms with van der Waals surface area (Å²) < 4.78 is 8.47. The van der Waals surface area contributed by atoms with Crippen LogP contribution in [-0.2, 0) is 11.3 Å². The Morgan fingerprint density at radius 2 is 2.03 bits per heavy atom. The van der Waals surface area contributed by atoms with E-state index in [4.69, 9.17) is 4.74 Å². The average Bonchev–Trinajstić information content (AvgIpc) is 2.98. The molecule has 9 nitrogen and oxygen atoms in total. The van der Waals surface area contributed by atoms with E-state index in [1.54, 1.807) is 7.11 Å². The minimum atomic E-state index is -0.545. The van der Waals surface area contributed by atoms with Crippen LogP contribution in [0.4, 0.5) is 5.69 Å². The molecule has 2 heterocycles. The Bertz CT molecular complexity index is 1160. The standard InChI is InChI=1S/C20H22N4O5/c1-12-7-17(14(3)23(12)13(2)10-29-4)19(25)9-22-11-21-18-8-15(24(27)28)5-6-16(18)20(22)26/h5-8,11,13H,9-10H2,1-4H3/t13-/m1/s1. The van der Waals surface area contributed by atoms with E-state index in [0.29, 0.717) is 12.2 Å². The number of ketones is 1. The Morgan fingerprint density at radius 1 is 1.31 bits per heavy atom. The zero-order valence-corrected chi connectivity index (χ0v) is 16.7. The number of aryl methyl sites for hydroxylation is 1. The maximum absolute atomic E-state index is 12.9. The van der Waals surface area contributed by atoms with Crippen LogP contribution in [0.3, 0.4) is 0 Å². The summed E-state index contributed by atoms with van der Waals surface area (Å²) in [4.78, 5) is 40.1. The molecule has 152 valence electrons. The maximum atomic E-state index is 12.9. The number of nitrogens with zero attached hydrogens (tertiary/aromatic N) is 4. The van der Waals surface area contributed by atoms with E-state index in [0.717, 1.165) is 11.4 Å². The van der Waals surface area contributed by atoms with Crippen LogP contribution >= 0.6 is 0 Å². The molecule has 0 amide bonds. The number of rotatable bonds is 7. The molecule has 0 bridgehead atoms. The third-order valence-electron chi connectivity index (χ3n) is 4.97. The van der Waals surface area contributed by atoms with Crippen LogP contribution in [0.25, 0.3) is 10.9 Å². The molecule has 0 saturated heterocycles. The molecule has 9 heteroatoms. The molecule has 3 rings (SSSR count). The molecule has 1 aromatic carbocycles. The molecule has 0 radical (unpaired) electrons. The van der Waals surface area contributed by atoms with Crippen LogP contribution in [0.15, 0.2) is 35.4 Å². The van der Waals surface area contributed by atoms with Gasteiger partial charge in [-0.2, -0.15) is 0 Å². The number of ether oxygens (including phenoxy) is 1. The number of carbonyl (C=O) groups is 1. The molecule has 29 heavy (non-hydrogen) atoms. The van der Waals surface area contributed by atoms with Crippen molar-refractivity contribution in [3.8, 4) is 0 Å². The van der Waals surface area contributed by atoms with Crippen molar-refractivity contribution in [1.82, 2.24) is 14.1 Å². The Hall–Kier alpha value is -3.33. The summed E-state index contributed by atoms with van der Waals surface area (Å²) in [6, 6.07) is 5.74. The van der Waals surface area contributed by atoms with Gasteiger partial charge in [0.1, 0.15) is 0 Å². The van der Waals surface area contributed by atoms with Crippen LogP contribution in [0, 0.1) is 24.0 Å². The molecule has 0 saturated carbocycles.